The summed E-state index contributed by atoms with van der Waals surface area (Å²) in [6, 6.07) is 10.4. The zero-order valence-electron chi connectivity index (χ0n) is 11.9. The highest BCUT2D eigenvalue weighted by atomic mass is 32.1. The van der Waals surface area contributed by atoms with Crippen LogP contribution in [-0.2, 0) is 19.6 Å². The molecule has 0 amide bonds. The van der Waals surface area contributed by atoms with Gasteiger partial charge in [-0.2, -0.15) is 11.3 Å². The van der Waals surface area contributed by atoms with Gasteiger partial charge < -0.3 is 9.52 Å². The lowest BCUT2D eigenvalue weighted by molar-refractivity contribution is 0.223. The molecule has 1 aromatic carbocycles. The van der Waals surface area contributed by atoms with Gasteiger partial charge in [0, 0.05) is 18.7 Å². The number of furan rings is 1. The number of para-hydroxylation sites is 1. The lowest BCUT2D eigenvalue weighted by Crippen LogP contribution is -2.22. The molecule has 0 aliphatic carbocycles. The van der Waals surface area contributed by atoms with Gasteiger partial charge in [0.25, 0.3) is 0 Å². The van der Waals surface area contributed by atoms with Crippen molar-refractivity contribution in [2.45, 2.75) is 19.6 Å². The maximum atomic E-state index is 13.5. The van der Waals surface area contributed by atoms with Gasteiger partial charge in [-0.05, 0) is 40.6 Å². The minimum absolute atomic E-state index is 0.280. The number of rotatable bonds is 6. The number of phenols is 1. The topological polar surface area (TPSA) is 36.6 Å². The van der Waals surface area contributed by atoms with Crippen LogP contribution in [0.5, 0.6) is 5.75 Å². The molecule has 3 rings (SSSR count). The van der Waals surface area contributed by atoms with E-state index >= 15 is 0 Å². The van der Waals surface area contributed by atoms with Gasteiger partial charge in [-0.15, -0.1) is 0 Å². The second kappa shape index (κ2) is 6.77. The third-order valence-corrected chi connectivity index (χ3v) is 4.14. The van der Waals surface area contributed by atoms with Crippen molar-refractivity contribution < 1.29 is 13.9 Å². The molecule has 0 bridgehead atoms. The highest BCUT2D eigenvalue weighted by Crippen LogP contribution is 2.24. The number of thiophene rings is 1. The number of halogens is 1. The zero-order chi connectivity index (χ0) is 15.4. The van der Waals surface area contributed by atoms with Gasteiger partial charge in [0.2, 0.25) is 0 Å². The minimum atomic E-state index is -0.592. The Kier molecular flexibility index (Phi) is 4.56. The second-order valence-corrected chi connectivity index (χ2v) is 5.88. The van der Waals surface area contributed by atoms with Crippen molar-refractivity contribution in [2.75, 3.05) is 0 Å². The summed E-state index contributed by atoms with van der Waals surface area (Å²) in [5, 5.41) is 14.0. The molecule has 0 aliphatic rings. The van der Waals surface area contributed by atoms with E-state index in [1.54, 1.807) is 29.7 Å². The number of nitrogens with zero attached hydrogens (tertiary/aromatic N) is 1. The number of aromatic hydroxyl groups is 1. The molecule has 0 saturated heterocycles. The van der Waals surface area contributed by atoms with E-state index in [0.29, 0.717) is 25.2 Å². The summed E-state index contributed by atoms with van der Waals surface area (Å²) in [4.78, 5) is 2.11. The Bertz CT molecular complexity index is 674. The summed E-state index contributed by atoms with van der Waals surface area (Å²) in [6.07, 6.45) is 1.64. The van der Waals surface area contributed by atoms with Crippen molar-refractivity contribution in [3.05, 3.63) is 76.1 Å². The van der Waals surface area contributed by atoms with Crippen molar-refractivity contribution in [3.8, 4) is 5.75 Å². The highest BCUT2D eigenvalue weighted by Gasteiger charge is 2.14. The summed E-state index contributed by atoms with van der Waals surface area (Å²) >= 11 is 1.64. The number of benzene rings is 1. The van der Waals surface area contributed by atoms with Crippen LogP contribution in [0, 0.1) is 5.82 Å². The Morgan fingerprint density at radius 2 is 2.00 bits per heavy atom. The van der Waals surface area contributed by atoms with E-state index in [1.165, 1.54) is 11.6 Å². The second-order valence-electron chi connectivity index (χ2n) is 5.10. The maximum absolute atomic E-state index is 13.5. The van der Waals surface area contributed by atoms with Crippen LogP contribution < -0.4 is 0 Å². The van der Waals surface area contributed by atoms with Crippen LogP contribution in [0.4, 0.5) is 4.39 Å². The number of hydrogen-bond donors (Lipinski definition) is 1. The summed E-state index contributed by atoms with van der Waals surface area (Å²) in [6.45, 7) is 1.75. The molecule has 2 aromatic heterocycles. The molecule has 0 unspecified atom stereocenters. The first-order chi connectivity index (χ1) is 10.7. The first-order valence-electron chi connectivity index (χ1n) is 6.94. The first-order valence-corrected chi connectivity index (χ1v) is 7.89. The smallest absolute Gasteiger partial charge is 0.165 e. The van der Waals surface area contributed by atoms with Crippen molar-refractivity contribution >= 4 is 11.3 Å². The van der Waals surface area contributed by atoms with E-state index in [0.717, 1.165) is 5.76 Å². The van der Waals surface area contributed by atoms with Crippen LogP contribution in [0.3, 0.4) is 0 Å². The van der Waals surface area contributed by atoms with Crippen molar-refractivity contribution in [3.63, 3.8) is 0 Å². The molecule has 0 aliphatic heterocycles. The Morgan fingerprint density at radius 1 is 1.09 bits per heavy atom. The summed E-state index contributed by atoms with van der Waals surface area (Å²) in [5.41, 5.74) is 1.76. The van der Waals surface area contributed by atoms with Gasteiger partial charge in [-0.3, -0.25) is 4.90 Å². The Labute approximate surface area is 132 Å². The fourth-order valence-electron chi connectivity index (χ4n) is 2.36. The minimum Gasteiger partial charge on any atom is -0.505 e. The van der Waals surface area contributed by atoms with Crippen LogP contribution >= 0.6 is 11.3 Å². The van der Waals surface area contributed by atoms with Gasteiger partial charge in [0.15, 0.2) is 11.6 Å². The third-order valence-electron chi connectivity index (χ3n) is 3.41. The van der Waals surface area contributed by atoms with Crippen LogP contribution in [0.25, 0.3) is 0 Å². The van der Waals surface area contributed by atoms with Gasteiger partial charge >= 0.3 is 0 Å². The highest BCUT2D eigenvalue weighted by molar-refractivity contribution is 7.07. The van der Waals surface area contributed by atoms with Gasteiger partial charge in [-0.1, -0.05) is 12.1 Å². The van der Waals surface area contributed by atoms with Crippen LogP contribution in [0.15, 0.2) is 57.8 Å². The van der Waals surface area contributed by atoms with E-state index in [1.807, 2.05) is 17.5 Å². The lowest BCUT2D eigenvalue weighted by Gasteiger charge is -2.21. The number of hydrogen-bond acceptors (Lipinski definition) is 4. The Hall–Kier alpha value is -2.11. The molecule has 0 atom stereocenters. The molecular formula is C17H16FNO2S. The van der Waals surface area contributed by atoms with E-state index in [9.17, 15) is 9.50 Å². The average Bonchev–Trinajstić information content (AvgIpc) is 3.17. The summed E-state index contributed by atoms with van der Waals surface area (Å²) < 4.78 is 18.9. The van der Waals surface area contributed by atoms with E-state index < -0.39 is 5.82 Å². The van der Waals surface area contributed by atoms with Crippen molar-refractivity contribution in [2.24, 2.45) is 0 Å². The SMILES string of the molecule is Oc1c(F)cccc1CN(Cc1ccsc1)Cc1ccco1. The van der Waals surface area contributed by atoms with Crippen molar-refractivity contribution in [1.29, 1.82) is 0 Å². The summed E-state index contributed by atoms with van der Waals surface area (Å²) in [7, 11) is 0. The van der Waals surface area contributed by atoms with Crippen LogP contribution in [-0.4, -0.2) is 10.0 Å². The van der Waals surface area contributed by atoms with Crippen molar-refractivity contribution in [1.82, 2.24) is 4.90 Å². The monoisotopic (exact) mass is 317 g/mol. The predicted molar refractivity (Wildman–Crippen MR) is 84.0 cm³/mol. The molecule has 0 radical (unpaired) electrons. The normalized spacial score (nSPS) is 11.2. The zero-order valence-corrected chi connectivity index (χ0v) is 12.7. The summed E-state index contributed by atoms with van der Waals surface area (Å²) in [5.74, 6) is -0.0330. The standard InChI is InChI=1S/C17H16FNO2S/c18-16-5-1-3-14(17(16)20)10-19(9-13-6-8-22-12-13)11-15-4-2-7-21-15/h1-8,12,20H,9-11H2. The molecule has 5 heteroatoms. The molecule has 114 valence electrons. The molecule has 0 fully saturated rings. The van der Waals surface area contributed by atoms with Crippen LogP contribution in [0.1, 0.15) is 16.9 Å². The largest absolute Gasteiger partial charge is 0.505 e. The lowest BCUT2D eigenvalue weighted by atomic mass is 10.1. The fourth-order valence-corrected chi connectivity index (χ4v) is 3.02. The van der Waals surface area contributed by atoms with Gasteiger partial charge in [-0.25, -0.2) is 4.39 Å². The Balaban J connectivity index is 1.79. The molecule has 0 saturated carbocycles. The molecule has 22 heavy (non-hydrogen) atoms. The Morgan fingerprint density at radius 3 is 2.73 bits per heavy atom. The predicted octanol–water partition coefficient (Wildman–Crippen LogP) is 4.39. The van der Waals surface area contributed by atoms with E-state index in [2.05, 4.69) is 16.3 Å². The fraction of sp³-hybridized carbons (Fsp3) is 0.176. The van der Waals surface area contributed by atoms with Crippen LogP contribution in [0.2, 0.25) is 0 Å². The molecule has 3 nitrogen and oxygen atoms in total. The molecule has 3 aromatic rings. The molecule has 0 spiro atoms. The van der Waals surface area contributed by atoms with E-state index in [4.69, 9.17) is 4.42 Å². The third kappa shape index (κ3) is 3.55. The van der Waals surface area contributed by atoms with Gasteiger partial charge in [0.1, 0.15) is 5.76 Å². The van der Waals surface area contributed by atoms with Gasteiger partial charge in [0.05, 0.1) is 12.8 Å². The first kappa shape index (κ1) is 14.8. The molecular weight excluding hydrogens is 301 g/mol. The van der Waals surface area contributed by atoms with E-state index in [-0.39, 0.29) is 5.75 Å². The molecule has 1 N–H and O–H groups in total. The molecule has 2 heterocycles. The maximum Gasteiger partial charge on any atom is 0.165 e. The number of phenolic OH excluding ortho intramolecular Hbond substituents is 1. The average molecular weight is 317 g/mol. The quantitative estimate of drug-likeness (QED) is 0.732.